The third-order valence-electron chi connectivity index (χ3n) is 6.91. The molecule has 2 bridgehead atoms. The lowest BCUT2D eigenvalue weighted by Gasteiger charge is -2.41. The van der Waals surface area contributed by atoms with E-state index in [1.54, 1.807) is 6.07 Å². The molecule has 3 saturated heterocycles. The van der Waals surface area contributed by atoms with Crippen molar-refractivity contribution in [3.63, 3.8) is 0 Å². The van der Waals surface area contributed by atoms with E-state index < -0.39 is 5.79 Å². The van der Waals surface area contributed by atoms with Crippen molar-refractivity contribution in [1.82, 2.24) is 0 Å². The zero-order valence-electron chi connectivity index (χ0n) is 17.0. The van der Waals surface area contributed by atoms with Gasteiger partial charge in [-0.1, -0.05) is 56.5 Å². The molecule has 0 unspecified atom stereocenters. The van der Waals surface area contributed by atoms with Crippen molar-refractivity contribution in [2.45, 2.75) is 94.7 Å². The van der Waals surface area contributed by atoms with Crippen molar-refractivity contribution in [2.24, 2.45) is 0 Å². The van der Waals surface area contributed by atoms with Crippen LogP contribution in [0, 0.1) is 5.82 Å². The van der Waals surface area contributed by atoms with Gasteiger partial charge in [-0.3, -0.25) is 0 Å². The van der Waals surface area contributed by atoms with Gasteiger partial charge in [0.2, 0.25) is 0 Å². The summed E-state index contributed by atoms with van der Waals surface area (Å²) in [4.78, 5) is 0. The Kier molecular flexibility index (Phi) is 6.39. The molecule has 0 N–H and O–H groups in total. The van der Waals surface area contributed by atoms with Crippen LogP contribution in [0.15, 0.2) is 22.7 Å². The Labute approximate surface area is 176 Å². The summed E-state index contributed by atoms with van der Waals surface area (Å²) in [6.07, 6.45) is 10.3. The SMILES string of the molecule is CC1(C)OC[C@@H]([C@@H](CCB2C3CCCC2CCC3)Oc2ccc(F)cc2Br)O1. The first-order valence-electron chi connectivity index (χ1n) is 10.8. The number of hydrogen-bond acceptors (Lipinski definition) is 3. The van der Waals surface area contributed by atoms with E-state index in [0.717, 1.165) is 24.8 Å². The molecule has 3 fully saturated rings. The molecule has 2 atom stereocenters. The summed E-state index contributed by atoms with van der Waals surface area (Å²) in [5.74, 6) is 1.61. The third kappa shape index (κ3) is 4.76. The van der Waals surface area contributed by atoms with Gasteiger partial charge in [-0.05, 0) is 54.4 Å². The van der Waals surface area contributed by atoms with Crippen LogP contribution in [0.25, 0.3) is 0 Å². The number of hydrogen-bond donors (Lipinski definition) is 0. The van der Waals surface area contributed by atoms with E-state index in [1.165, 1.54) is 57.0 Å². The molecule has 3 aliphatic rings. The Morgan fingerprint density at radius 1 is 1.21 bits per heavy atom. The highest BCUT2D eigenvalue weighted by Gasteiger charge is 2.42. The molecule has 4 rings (SSSR count). The van der Waals surface area contributed by atoms with Gasteiger partial charge in [-0.2, -0.15) is 0 Å². The van der Waals surface area contributed by atoms with Crippen LogP contribution in [0.3, 0.4) is 0 Å². The molecule has 3 heterocycles. The Hall–Kier alpha value is -0.585. The summed E-state index contributed by atoms with van der Waals surface area (Å²) in [6.45, 7) is 5.25. The van der Waals surface area contributed by atoms with Crippen LogP contribution < -0.4 is 4.74 Å². The van der Waals surface area contributed by atoms with Crippen LogP contribution in [-0.2, 0) is 9.47 Å². The fraction of sp³-hybridized carbons (Fsp3) is 0.727. The Balaban J connectivity index is 1.46. The molecule has 1 aromatic carbocycles. The molecule has 6 heteroatoms. The zero-order chi connectivity index (χ0) is 19.7. The molecular weight excluding hydrogens is 422 g/mol. The van der Waals surface area contributed by atoms with E-state index in [1.807, 2.05) is 13.8 Å². The normalized spacial score (nSPS) is 30.3. The first-order valence-corrected chi connectivity index (χ1v) is 11.6. The smallest absolute Gasteiger partial charge is 0.163 e. The lowest BCUT2D eigenvalue weighted by atomic mass is 9.25. The number of ether oxygens (including phenoxy) is 3. The summed E-state index contributed by atoms with van der Waals surface area (Å²) >= 11 is 3.44. The fourth-order valence-corrected chi connectivity index (χ4v) is 6.04. The second-order valence-electron chi connectivity index (χ2n) is 9.22. The van der Waals surface area contributed by atoms with Gasteiger partial charge >= 0.3 is 0 Å². The Morgan fingerprint density at radius 3 is 2.46 bits per heavy atom. The highest BCUT2D eigenvalue weighted by Crippen LogP contribution is 2.48. The summed E-state index contributed by atoms with van der Waals surface area (Å²) in [6, 6.07) is 4.59. The summed E-state index contributed by atoms with van der Waals surface area (Å²) < 4.78 is 32.5. The molecule has 154 valence electrons. The molecule has 1 aromatic rings. The molecule has 3 aliphatic heterocycles. The minimum absolute atomic E-state index is 0.0915. The maximum Gasteiger partial charge on any atom is 0.163 e. The maximum atomic E-state index is 13.5. The van der Waals surface area contributed by atoms with Gasteiger partial charge in [0.25, 0.3) is 0 Å². The summed E-state index contributed by atoms with van der Waals surface area (Å²) in [7, 11) is 0. The molecular formula is C22H31BBrFO3. The lowest BCUT2D eigenvalue weighted by Crippen LogP contribution is -2.39. The molecule has 0 aliphatic carbocycles. The van der Waals surface area contributed by atoms with Gasteiger partial charge in [0.1, 0.15) is 30.5 Å². The number of rotatable bonds is 6. The van der Waals surface area contributed by atoms with E-state index in [-0.39, 0.29) is 18.0 Å². The Bertz CT molecular complexity index is 664. The third-order valence-corrected chi connectivity index (χ3v) is 7.53. The van der Waals surface area contributed by atoms with Crippen molar-refractivity contribution in [2.75, 3.05) is 6.61 Å². The van der Waals surface area contributed by atoms with Crippen LogP contribution in [0.2, 0.25) is 18.0 Å². The van der Waals surface area contributed by atoms with Crippen LogP contribution in [-0.4, -0.2) is 31.3 Å². The largest absolute Gasteiger partial charge is 0.486 e. The molecule has 0 radical (unpaired) electrons. The molecule has 28 heavy (non-hydrogen) atoms. The average molecular weight is 453 g/mol. The van der Waals surface area contributed by atoms with Crippen LogP contribution in [0.1, 0.15) is 58.8 Å². The van der Waals surface area contributed by atoms with E-state index in [4.69, 9.17) is 14.2 Å². The predicted molar refractivity (Wildman–Crippen MR) is 114 cm³/mol. The highest BCUT2D eigenvalue weighted by molar-refractivity contribution is 9.10. The zero-order valence-corrected chi connectivity index (χ0v) is 18.5. The molecule has 0 aromatic heterocycles. The highest BCUT2D eigenvalue weighted by atomic mass is 79.9. The lowest BCUT2D eigenvalue weighted by molar-refractivity contribution is -0.149. The quantitative estimate of drug-likeness (QED) is 0.462. The molecule has 0 amide bonds. The van der Waals surface area contributed by atoms with E-state index in [9.17, 15) is 4.39 Å². The van der Waals surface area contributed by atoms with Gasteiger partial charge in [-0.25, -0.2) is 4.39 Å². The van der Waals surface area contributed by atoms with Crippen LogP contribution in [0.4, 0.5) is 4.39 Å². The second-order valence-corrected chi connectivity index (χ2v) is 10.1. The first-order chi connectivity index (χ1) is 13.4. The monoisotopic (exact) mass is 452 g/mol. The average Bonchev–Trinajstić information content (AvgIpc) is 2.99. The van der Waals surface area contributed by atoms with Crippen molar-refractivity contribution in [1.29, 1.82) is 0 Å². The molecule has 0 spiro atoms. The fourth-order valence-electron chi connectivity index (χ4n) is 5.60. The Morgan fingerprint density at radius 2 is 1.89 bits per heavy atom. The van der Waals surface area contributed by atoms with Crippen molar-refractivity contribution >= 4 is 22.6 Å². The first kappa shape index (κ1) is 20.7. The predicted octanol–water partition coefficient (Wildman–Crippen LogP) is 6.48. The number of benzene rings is 1. The number of fused-ring (bicyclic) bond motifs is 2. The molecule has 3 nitrogen and oxygen atoms in total. The van der Waals surface area contributed by atoms with Gasteiger partial charge < -0.3 is 14.2 Å². The van der Waals surface area contributed by atoms with Gasteiger partial charge in [0, 0.05) is 0 Å². The van der Waals surface area contributed by atoms with E-state index in [0.29, 0.717) is 16.8 Å². The standard InChI is InChI=1S/C22H31BBrFO3/c1-22(2)26-14-21(28-22)20(27-19-10-9-17(25)13-18(19)24)11-12-23-15-5-3-6-16(23)8-4-7-15/h9-10,13,15-16,20-21H,3-8,11-12,14H2,1-2H3/t15?,16?,20-,21+/m1/s1. The molecule has 0 saturated carbocycles. The summed E-state index contributed by atoms with van der Waals surface area (Å²) in [5.41, 5.74) is 0. The maximum absolute atomic E-state index is 13.5. The van der Waals surface area contributed by atoms with Crippen molar-refractivity contribution in [3.8, 4) is 5.75 Å². The minimum Gasteiger partial charge on any atom is -0.486 e. The number of halogens is 2. The second kappa shape index (κ2) is 8.65. The summed E-state index contributed by atoms with van der Waals surface area (Å²) in [5, 5.41) is 0. The van der Waals surface area contributed by atoms with E-state index >= 15 is 0 Å². The van der Waals surface area contributed by atoms with Crippen LogP contribution >= 0.6 is 15.9 Å². The topological polar surface area (TPSA) is 27.7 Å². The minimum atomic E-state index is -0.576. The van der Waals surface area contributed by atoms with Crippen molar-refractivity contribution in [3.05, 3.63) is 28.5 Å². The van der Waals surface area contributed by atoms with Crippen molar-refractivity contribution < 1.29 is 18.6 Å². The van der Waals surface area contributed by atoms with Gasteiger partial charge in [-0.15, -0.1) is 0 Å². The van der Waals surface area contributed by atoms with Gasteiger partial charge in [0.05, 0.1) is 11.1 Å². The van der Waals surface area contributed by atoms with Crippen LogP contribution in [0.5, 0.6) is 5.75 Å². The van der Waals surface area contributed by atoms with E-state index in [2.05, 4.69) is 15.9 Å². The van der Waals surface area contributed by atoms with Gasteiger partial charge in [0.15, 0.2) is 5.79 Å².